The number of nitrogens with one attached hydrogen (secondary N) is 1. The van der Waals surface area contributed by atoms with Gasteiger partial charge in [-0.15, -0.1) is 11.3 Å². The third-order valence-corrected chi connectivity index (χ3v) is 6.69. The average Bonchev–Trinajstić information content (AvgIpc) is 3.29. The maximum atomic E-state index is 12.8. The van der Waals surface area contributed by atoms with E-state index in [1.807, 2.05) is 19.1 Å². The molecule has 1 heterocycles. The number of aliphatic carboxylic acids is 1. The minimum Gasteiger partial charge on any atom is -0.481 e. The fourth-order valence-corrected chi connectivity index (χ4v) is 5.42. The molecule has 1 aromatic carbocycles. The number of carbonyl (C=O) groups excluding carboxylic acids is 1. The summed E-state index contributed by atoms with van der Waals surface area (Å²) < 4.78 is 0. The Morgan fingerprint density at radius 3 is 2.59 bits per heavy atom. The predicted octanol–water partition coefficient (Wildman–Crippen LogP) is 4.89. The highest BCUT2D eigenvalue weighted by Crippen LogP contribution is 2.48. The Balaban J connectivity index is 1.58. The van der Waals surface area contributed by atoms with Crippen LogP contribution in [-0.2, 0) is 9.59 Å². The van der Waals surface area contributed by atoms with Gasteiger partial charge in [-0.3, -0.25) is 9.59 Å². The van der Waals surface area contributed by atoms with E-state index in [0.717, 1.165) is 16.9 Å². The molecule has 1 saturated carbocycles. The van der Waals surface area contributed by atoms with Crippen LogP contribution in [0.25, 0.3) is 11.3 Å². The highest BCUT2D eigenvalue weighted by Gasteiger charge is 2.51. The Morgan fingerprint density at radius 1 is 1.22 bits per heavy atom. The summed E-state index contributed by atoms with van der Waals surface area (Å²) in [7, 11) is 0. The molecule has 0 spiro atoms. The zero-order chi connectivity index (χ0) is 19.3. The highest BCUT2D eigenvalue weighted by molar-refractivity contribution is 7.16. The Labute approximate surface area is 170 Å². The van der Waals surface area contributed by atoms with Gasteiger partial charge in [-0.05, 0) is 43.4 Å². The van der Waals surface area contributed by atoms with E-state index in [1.54, 1.807) is 18.2 Å². The van der Waals surface area contributed by atoms with Gasteiger partial charge in [0, 0.05) is 15.5 Å². The number of carboxylic acids is 1. The van der Waals surface area contributed by atoms with E-state index in [-0.39, 0.29) is 17.7 Å². The maximum absolute atomic E-state index is 12.8. The molecule has 0 unspecified atom stereocenters. The molecular formula is C19H16Cl2N2O3S. The lowest BCUT2D eigenvalue weighted by atomic mass is 9.82. The first kappa shape index (κ1) is 18.5. The lowest BCUT2D eigenvalue weighted by Gasteiger charge is -2.23. The van der Waals surface area contributed by atoms with Crippen molar-refractivity contribution in [2.45, 2.75) is 13.3 Å². The summed E-state index contributed by atoms with van der Waals surface area (Å²) in [6.07, 6.45) is 4.60. The van der Waals surface area contributed by atoms with Crippen LogP contribution in [0.4, 0.5) is 5.13 Å². The molecule has 2 bridgehead atoms. The van der Waals surface area contributed by atoms with E-state index in [4.69, 9.17) is 23.2 Å². The number of hydrogen-bond donors (Lipinski definition) is 2. The summed E-state index contributed by atoms with van der Waals surface area (Å²) >= 11 is 13.6. The number of allylic oxidation sites excluding steroid dienone is 2. The summed E-state index contributed by atoms with van der Waals surface area (Å²) in [4.78, 5) is 29.8. The maximum Gasteiger partial charge on any atom is 0.307 e. The second kappa shape index (κ2) is 6.93. The molecule has 2 aliphatic rings. The normalized spacial score (nSPS) is 25.7. The Bertz CT molecular complexity index is 972. The van der Waals surface area contributed by atoms with E-state index in [0.29, 0.717) is 20.9 Å². The topological polar surface area (TPSA) is 79.3 Å². The standard InChI is InChI=1S/C19H16Cl2N2O3S/c1-8-16(12-5-4-11(20)7-13(12)21)22-19(27-8)23-17(24)14-9-2-3-10(6-9)15(14)18(25)26/h2-5,7,9-10,14-15H,6H2,1H3,(H,25,26)(H,22,23,24)/t9-,10-,14-,15+/m0/s1. The number of carbonyl (C=O) groups is 2. The number of aryl methyl sites for hydroxylation is 1. The van der Waals surface area contributed by atoms with Gasteiger partial charge in [0.05, 0.1) is 22.6 Å². The van der Waals surface area contributed by atoms with Gasteiger partial charge in [0.2, 0.25) is 5.91 Å². The zero-order valence-corrected chi connectivity index (χ0v) is 16.6. The minimum absolute atomic E-state index is 0.0256. The van der Waals surface area contributed by atoms with Gasteiger partial charge in [0.25, 0.3) is 0 Å². The molecule has 1 amide bonds. The van der Waals surface area contributed by atoms with Gasteiger partial charge >= 0.3 is 5.97 Å². The van der Waals surface area contributed by atoms with Crippen molar-refractivity contribution in [3.8, 4) is 11.3 Å². The van der Waals surface area contributed by atoms with Crippen molar-refractivity contribution in [1.82, 2.24) is 4.98 Å². The van der Waals surface area contributed by atoms with Crippen molar-refractivity contribution in [3.63, 3.8) is 0 Å². The summed E-state index contributed by atoms with van der Waals surface area (Å²) in [6.45, 7) is 1.90. The van der Waals surface area contributed by atoms with Crippen LogP contribution < -0.4 is 5.32 Å². The van der Waals surface area contributed by atoms with Crippen LogP contribution in [0.3, 0.4) is 0 Å². The molecule has 2 aromatic rings. The largest absolute Gasteiger partial charge is 0.481 e. The summed E-state index contributed by atoms with van der Waals surface area (Å²) in [5, 5.41) is 13.8. The fourth-order valence-electron chi connectivity index (χ4n) is 4.09. The van der Waals surface area contributed by atoms with Gasteiger partial charge in [-0.1, -0.05) is 35.4 Å². The zero-order valence-electron chi connectivity index (χ0n) is 14.3. The van der Waals surface area contributed by atoms with Gasteiger partial charge in [-0.25, -0.2) is 4.98 Å². The molecule has 2 N–H and O–H groups in total. The van der Waals surface area contributed by atoms with E-state index in [2.05, 4.69) is 10.3 Å². The highest BCUT2D eigenvalue weighted by atomic mass is 35.5. The number of aromatic nitrogens is 1. The van der Waals surface area contributed by atoms with Crippen molar-refractivity contribution in [2.75, 3.05) is 5.32 Å². The van der Waals surface area contributed by atoms with E-state index >= 15 is 0 Å². The molecule has 8 heteroatoms. The van der Waals surface area contributed by atoms with Gasteiger partial charge in [-0.2, -0.15) is 0 Å². The number of thiazole rings is 1. The van der Waals surface area contributed by atoms with Crippen molar-refractivity contribution in [1.29, 1.82) is 0 Å². The molecule has 1 aromatic heterocycles. The molecule has 0 radical (unpaired) electrons. The van der Waals surface area contributed by atoms with Crippen molar-refractivity contribution >= 4 is 51.5 Å². The average molecular weight is 423 g/mol. The van der Waals surface area contributed by atoms with Crippen LogP contribution in [-0.4, -0.2) is 22.0 Å². The number of fused-ring (bicyclic) bond motifs is 2. The van der Waals surface area contributed by atoms with Crippen LogP contribution in [0.5, 0.6) is 0 Å². The third-order valence-electron chi connectivity index (χ3n) is 5.26. The number of nitrogens with zero attached hydrogens (tertiary/aromatic N) is 1. The number of hydrogen-bond acceptors (Lipinski definition) is 4. The van der Waals surface area contributed by atoms with Crippen molar-refractivity contribution < 1.29 is 14.7 Å². The Hall–Kier alpha value is -1.89. The Morgan fingerprint density at radius 2 is 1.93 bits per heavy atom. The van der Waals surface area contributed by atoms with E-state index < -0.39 is 17.8 Å². The molecule has 5 nitrogen and oxygen atoms in total. The molecule has 140 valence electrons. The molecule has 0 aliphatic heterocycles. The molecule has 2 aliphatic carbocycles. The minimum atomic E-state index is -0.920. The molecule has 0 saturated heterocycles. The lowest BCUT2D eigenvalue weighted by molar-refractivity contribution is -0.146. The number of rotatable bonds is 4. The predicted molar refractivity (Wildman–Crippen MR) is 106 cm³/mol. The second-order valence-electron chi connectivity index (χ2n) is 6.88. The number of amides is 1. The summed E-state index contributed by atoms with van der Waals surface area (Å²) in [5.41, 5.74) is 1.42. The number of halogens is 2. The lowest BCUT2D eigenvalue weighted by Crippen LogP contribution is -2.36. The SMILES string of the molecule is Cc1sc(NC(=O)[C@@H]2[C@H](C(=O)O)[C@H]3C=C[C@H]2C3)nc1-c1ccc(Cl)cc1Cl. The summed E-state index contributed by atoms with van der Waals surface area (Å²) in [5.74, 6) is -2.54. The molecule has 1 fully saturated rings. The van der Waals surface area contributed by atoms with Crippen LogP contribution in [0.15, 0.2) is 30.4 Å². The Kier molecular flexibility index (Phi) is 4.74. The van der Waals surface area contributed by atoms with Crippen LogP contribution in [0.2, 0.25) is 10.0 Å². The van der Waals surface area contributed by atoms with Gasteiger partial charge in [0.15, 0.2) is 5.13 Å². The first-order chi connectivity index (χ1) is 12.8. The van der Waals surface area contributed by atoms with E-state index in [1.165, 1.54) is 11.3 Å². The monoisotopic (exact) mass is 422 g/mol. The molecule has 4 rings (SSSR count). The molecule has 4 atom stereocenters. The van der Waals surface area contributed by atoms with Crippen LogP contribution in [0, 0.1) is 30.6 Å². The number of benzene rings is 1. The van der Waals surface area contributed by atoms with Crippen LogP contribution in [0.1, 0.15) is 11.3 Å². The van der Waals surface area contributed by atoms with Crippen molar-refractivity contribution in [3.05, 3.63) is 45.3 Å². The number of anilines is 1. The van der Waals surface area contributed by atoms with Gasteiger partial charge in [0.1, 0.15) is 0 Å². The quantitative estimate of drug-likeness (QED) is 0.687. The second-order valence-corrected chi connectivity index (χ2v) is 8.92. The van der Waals surface area contributed by atoms with Gasteiger partial charge < -0.3 is 10.4 Å². The van der Waals surface area contributed by atoms with Crippen molar-refractivity contribution in [2.24, 2.45) is 23.7 Å². The third kappa shape index (κ3) is 3.26. The fraction of sp³-hybridized carbons (Fsp3) is 0.316. The summed E-state index contributed by atoms with van der Waals surface area (Å²) in [6, 6.07) is 5.17. The first-order valence-electron chi connectivity index (χ1n) is 8.50. The smallest absolute Gasteiger partial charge is 0.307 e. The first-order valence-corrected chi connectivity index (χ1v) is 10.1. The van der Waals surface area contributed by atoms with Crippen LogP contribution >= 0.6 is 34.5 Å². The van der Waals surface area contributed by atoms with E-state index in [9.17, 15) is 14.7 Å². The molecule has 27 heavy (non-hydrogen) atoms. The number of carboxylic acid groups (broad SMARTS) is 1. The molecular weight excluding hydrogens is 407 g/mol.